The summed E-state index contributed by atoms with van der Waals surface area (Å²) in [5, 5.41) is 18.6. The van der Waals surface area contributed by atoms with E-state index in [1.54, 1.807) is 6.07 Å². The lowest BCUT2D eigenvalue weighted by Crippen LogP contribution is -2.24. The largest absolute Gasteiger partial charge is 0.476 e. The molecule has 1 saturated heterocycles. The number of carboxylic acid groups (broad SMARTS) is 1. The van der Waals surface area contributed by atoms with E-state index in [0.717, 1.165) is 24.3 Å². The van der Waals surface area contributed by atoms with E-state index < -0.39 is 5.97 Å². The quantitative estimate of drug-likeness (QED) is 0.734. The normalized spacial score (nSPS) is 17.1. The maximum atomic E-state index is 12.1. The van der Waals surface area contributed by atoms with Crippen molar-refractivity contribution in [2.45, 2.75) is 31.8 Å². The topological polar surface area (TPSA) is 115 Å². The second-order valence-electron chi connectivity index (χ2n) is 5.43. The van der Waals surface area contributed by atoms with Crippen LogP contribution < -0.4 is 5.32 Å². The van der Waals surface area contributed by atoms with Gasteiger partial charge in [0, 0.05) is 18.0 Å². The molecule has 9 heteroatoms. The molecule has 1 amide bonds. The Morgan fingerprint density at radius 2 is 2.25 bits per heavy atom. The van der Waals surface area contributed by atoms with Crippen LogP contribution in [0.5, 0.6) is 0 Å². The molecule has 8 nitrogen and oxygen atoms in total. The zero-order valence-corrected chi connectivity index (χ0v) is 13.7. The molecule has 0 radical (unpaired) electrons. The summed E-state index contributed by atoms with van der Waals surface area (Å²) in [5.41, 5.74) is 0.106. The van der Waals surface area contributed by atoms with Crippen LogP contribution in [-0.2, 0) is 11.2 Å². The van der Waals surface area contributed by atoms with Gasteiger partial charge in [-0.05, 0) is 43.0 Å². The number of carbonyl (C=O) groups excluding carboxylic acids is 1. The molecule has 0 aromatic carbocycles. The lowest BCUT2D eigenvalue weighted by molar-refractivity contribution is 0.0683. The highest BCUT2D eigenvalue weighted by atomic mass is 32.1. The molecule has 3 rings (SSSR count). The molecule has 1 aliphatic heterocycles. The number of nitrogens with one attached hydrogen (secondary N) is 1. The Morgan fingerprint density at radius 3 is 3.00 bits per heavy atom. The zero-order valence-electron chi connectivity index (χ0n) is 12.9. The molecule has 3 heterocycles. The van der Waals surface area contributed by atoms with E-state index in [9.17, 15) is 9.59 Å². The zero-order chi connectivity index (χ0) is 16.9. The number of ether oxygens (including phenoxy) is 1. The maximum absolute atomic E-state index is 12.1. The van der Waals surface area contributed by atoms with Gasteiger partial charge in [-0.1, -0.05) is 5.16 Å². The lowest BCUT2D eigenvalue weighted by atomic mass is 10.2. The minimum absolute atomic E-state index is 0.116. The number of carbonyl (C=O) groups is 2. The van der Waals surface area contributed by atoms with Gasteiger partial charge >= 0.3 is 5.97 Å². The number of rotatable bonds is 7. The van der Waals surface area contributed by atoms with Crippen molar-refractivity contribution in [2.75, 3.05) is 13.2 Å². The monoisotopic (exact) mass is 351 g/mol. The number of hydrogen-bond acceptors (Lipinski definition) is 7. The maximum Gasteiger partial charge on any atom is 0.360 e. The van der Waals surface area contributed by atoms with Crippen molar-refractivity contribution in [2.24, 2.45) is 0 Å². The Hall–Kier alpha value is -2.26. The number of aryl methyl sites for hydroxylation is 1. The van der Waals surface area contributed by atoms with Crippen molar-refractivity contribution in [1.82, 2.24) is 15.6 Å². The summed E-state index contributed by atoms with van der Waals surface area (Å²) < 4.78 is 10.0. The molecular weight excluding hydrogens is 334 g/mol. The SMILES string of the molecule is O=C(NCCCc1nonc1C(=O)O)c1ccc(C2CCCO2)s1. The predicted molar refractivity (Wildman–Crippen MR) is 84.2 cm³/mol. The molecule has 0 aliphatic carbocycles. The molecule has 24 heavy (non-hydrogen) atoms. The van der Waals surface area contributed by atoms with Crippen molar-refractivity contribution in [3.05, 3.63) is 33.3 Å². The van der Waals surface area contributed by atoms with E-state index >= 15 is 0 Å². The predicted octanol–water partition coefficient (Wildman–Crippen LogP) is 2.04. The van der Waals surface area contributed by atoms with E-state index in [1.165, 1.54) is 11.3 Å². The van der Waals surface area contributed by atoms with Gasteiger partial charge in [0.15, 0.2) is 0 Å². The number of carboxylic acids is 1. The first-order chi connectivity index (χ1) is 11.6. The third-order valence-electron chi connectivity index (χ3n) is 3.73. The highest BCUT2D eigenvalue weighted by Crippen LogP contribution is 2.33. The number of aromatic carboxylic acids is 1. The van der Waals surface area contributed by atoms with E-state index in [1.807, 2.05) is 6.07 Å². The van der Waals surface area contributed by atoms with Gasteiger partial charge in [-0.25, -0.2) is 9.42 Å². The van der Waals surface area contributed by atoms with Gasteiger partial charge in [-0.2, -0.15) is 0 Å². The Morgan fingerprint density at radius 1 is 1.38 bits per heavy atom. The fraction of sp³-hybridized carbons (Fsp3) is 0.467. The minimum Gasteiger partial charge on any atom is -0.476 e. The molecule has 1 atom stereocenters. The van der Waals surface area contributed by atoms with Crippen LogP contribution in [0, 0.1) is 0 Å². The molecule has 0 bridgehead atoms. The summed E-state index contributed by atoms with van der Waals surface area (Å²) in [5.74, 6) is -1.31. The molecular formula is C15H17N3O5S. The number of amides is 1. The molecule has 0 spiro atoms. The average Bonchev–Trinajstić information content (AvgIpc) is 3.31. The van der Waals surface area contributed by atoms with Gasteiger partial charge in [0.1, 0.15) is 5.69 Å². The summed E-state index contributed by atoms with van der Waals surface area (Å²) in [6.07, 6.45) is 3.09. The highest BCUT2D eigenvalue weighted by Gasteiger charge is 2.21. The van der Waals surface area contributed by atoms with Gasteiger partial charge in [0.25, 0.3) is 5.91 Å². The minimum atomic E-state index is -1.17. The summed E-state index contributed by atoms with van der Waals surface area (Å²) in [4.78, 5) is 24.7. The van der Waals surface area contributed by atoms with Gasteiger partial charge in [0.2, 0.25) is 5.69 Å². The van der Waals surface area contributed by atoms with Crippen molar-refractivity contribution in [3.63, 3.8) is 0 Å². The summed E-state index contributed by atoms with van der Waals surface area (Å²) in [6.45, 7) is 1.19. The molecule has 0 saturated carbocycles. The van der Waals surface area contributed by atoms with Crippen molar-refractivity contribution < 1.29 is 24.1 Å². The van der Waals surface area contributed by atoms with E-state index in [-0.39, 0.29) is 23.4 Å². The van der Waals surface area contributed by atoms with E-state index in [4.69, 9.17) is 9.84 Å². The number of hydrogen-bond donors (Lipinski definition) is 2. The Labute approximate surface area is 141 Å². The summed E-state index contributed by atoms with van der Waals surface area (Å²) in [6, 6.07) is 3.75. The Kier molecular flexibility index (Phi) is 5.21. The van der Waals surface area contributed by atoms with Crippen LogP contribution in [0.15, 0.2) is 16.8 Å². The standard InChI is InChI=1S/C15H17N3O5S/c19-14(12-6-5-11(24-12)10-4-2-8-22-10)16-7-1-3-9-13(15(20)21)18-23-17-9/h5-6,10H,1-4,7-8H2,(H,16,19)(H,20,21). The second kappa shape index (κ2) is 7.54. The van der Waals surface area contributed by atoms with Gasteiger partial charge < -0.3 is 15.2 Å². The molecule has 1 fully saturated rings. The van der Waals surface area contributed by atoms with Crippen LogP contribution in [0.4, 0.5) is 0 Å². The third-order valence-corrected chi connectivity index (χ3v) is 4.91. The van der Waals surface area contributed by atoms with Crippen LogP contribution in [0.3, 0.4) is 0 Å². The Bertz CT molecular complexity index is 720. The Balaban J connectivity index is 1.45. The lowest BCUT2D eigenvalue weighted by Gasteiger charge is -2.05. The van der Waals surface area contributed by atoms with Crippen molar-refractivity contribution >= 4 is 23.2 Å². The van der Waals surface area contributed by atoms with Crippen molar-refractivity contribution in [1.29, 1.82) is 0 Å². The second-order valence-corrected chi connectivity index (χ2v) is 6.54. The van der Waals surface area contributed by atoms with Crippen LogP contribution in [0.2, 0.25) is 0 Å². The first kappa shape index (κ1) is 16.6. The van der Waals surface area contributed by atoms with E-state index in [2.05, 4.69) is 20.3 Å². The summed E-state index contributed by atoms with van der Waals surface area (Å²) >= 11 is 1.45. The van der Waals surface area contributed by atoms with Gasteiger partial charge in [0.05, 0.1) is 11.0 Å². The van der Waals surface area contributed by atoms with Crippen LogP contribution in [0.25, 0.3) is 0 Å². The fourth-order valence-electron chi connectivity index (χ4n) is 2.53. The number of thiophene rings is 1. The van der Waals surface area contributed by atoms with Crippen molar-refractivity contribution in [3.8, 4) is 0 Å². The molecule has 2 N–H and O–H groups in total. The van der Waals surface area contributed by atoms with Crippen LogP contribution >= 0.6 is 11.3 Å². The molecule has 2 aromatic heterocycles. The van der Waals surface area contributed by atoms with E-state index in [0.29, 0.717) is 24.3 Å². The molecule has 1 aliphatic rings. The average molecular weight is 351 g/mol. The van der Waals surface area contributed by atoms with Gasteiger partial charge in [-0.15, -0.1) is 11.3 Å². The van der Waals surface area contributed by atoms with Crippen LogP contribution in [-0.4, -0.2) is 40.4 Å². The van der Waals surface area contributed by atoms with Crippen LogP contribution in [0.1, 0.15) is 56.1 Å². The first-order valence-corrected chi connectivity index (χ1v) is 8.51. The fourth-order valence-corrected chi connectivity index (χ4v) is 3.54. The highest BCUT2D eigenvalue weighted by molar-refractivity contribution is 7.14. The third kappa shape index (κ3) is 3.80. The number of nitrogens with zero attached hydrogens (tertiary/aromatic N) is 2. The molecule has 128 valence electrons. The summed E-state index contributed by atoms with van der Waals surface area (Å²) in [7, 11) is 0. The number of aromatic nitrogens is 2. The smallest absolute Gasteiger partial charge is 0.360 e. The molecule has 2 aromatic rings. The molecule has 1 unspecified atom stereocenters. The van der Waals surface area contributed by atoms with Gasteiger partial charge in [-0.3, -0.25) is 4.79 Å². The first-order valence-electron chi connectivity index (χ1n) is 7.69.